The minimum Gasteiger partial charge on any atom is -0.355 e. The van der Waals surface area contributed by atoms with Gasteiger partial charge >= 0.3 is 0 Å². The molecule has 0 saturated heterocycles. The van der Waals surface area contributed by atoms with Crippen molar-refractivity contribution in [3.05, 3.63) is 89.7 Å². The first-order chi connectivity index (χ1) is 17.1. The van der Waals surface area contributed by atoms with Gasteiger partial charge in [0, 0.05) is 37.6 Å². The predicted octanol–water partition coefficient (Wildman–Crippen LogP) is 3.54. The second kappa shape index (κ2) is 11.2. The van der Waals surface area contributed by atoms with Crippen molar-refractivity contribution in [3.63, 3.8) is 0 Å². The first-order valence-electron chi connectivity index (χ1n) is 11.3. The highest BCUT2D eigenvalue weighted by atomic mass is 16.1. The van der Waals surface area contributed by atoms with Crippen LogP contribution in [0.5, 0.6) is 0 Å². The number of nitrogens with two attached hydrogens (primary N) is 1. The van der Waals surface area contributed by atoms with Crippen molar-refractivity contribution in [1.82, 2.24) is 25.3 Å². The van der Waals surface area contributed by atoms with Crippen LogP contribution in [0.2, 0.25) is 0 Å². The highest BCUT2D eigenvalue weighted by molar-refractivity contribution is 5.99. The lowest BCUT2D eigenvalue weighted by Crippen LogP contribution is -2.21. The molecule has 0 aliphatic heterocycles. The van der Waals surface area contributed by atoms with Gasteiger partial charge in [-0.1, -0.05) is 54.6 Å². The molecule has 0 bridgehead atoms. The largest absolute Gasteiger partial charge is 0.355 e. The van der Waals surface area contributed by atoms with E-state index in [-0.39, 0.29) is 11.9 Å². The van der Waals surface area contributed by atoms with E-state index >= 15 is 0 Å². The molecule has 0 aliphatic carbocycles. The highest BCUT2D eigenvalue weighted by Crippen LogP contribution is 2.22. The number of amides is 1. The number of rotatable bonds is 9. The summed E-state index contributed by atoms with van der Waals surface area (Å²) >= 11 is 0. The van der Waals surface area contributed by atoms with Crippen LogP contribution in [0, 0.1) is 0 Å². The zero-order valence-electron chi connectivity index (χ0n) is 19.7. The minimum atomic E-state index is -0.298. The van der Waals surface area contributed by atoms with Crippen molar-refractivity contribution in [2.24, 2.45) is 5.73 Å². The molecule has 1 atom stereocenters. The molecule has 4 aromatic rings. The summed E-state index contributed by atoms with van der Waals surface area (Å²) in [5.74, 6) is 1.53. The van der Waals surface area contributed by atoms with Gasteiger partial charge in [0.25, 0.3) is 5.91 Å². The van der Waals surface area contributed by atoms with E-state index in [2.05, 4.69) is 54.9 Å². The molecule has 9 heteroatoms. The lowest BCUT2D eigenvalue weighted by Gasteiger charge is -2.15. The topological polar surface area (TPSA) is 131 Å². The Balaban J connectivity index is 1.53. The first kappa shape index (κ1) is 23.8. The van der Waals surface area contributed by atoms with Gasteiger partial charge in [0.05, 0.1) is 0 Å². The number of nitrogens with one attached hydrogen (secondary N) is 3. The second-order valence-corrected chi connectivity index (χ2v) is 8.07. The summed E-state index contributed by atoms with van der Waals surface area (Å²) < 4.78 is 0. The van der Waals surface area contributed by atoms with Crippen LogP contribution in [0.1, 0.15) is 28.4 Å². The van der Waals surface area contributed by atoms with E-state index in [0.717, 1.165) is 17.5 Å². The summed E-state index contributed by atoms with van der Waals surface area (Å²) in [5, 5.41) is 9.12. The van der Waals surface area contributed by atoms with Crippen molar-refractivity contribution in [1.29, 1.82) is 0 Å². The van der Waals surface area contributed by atoms with Crippen molar-refractivity contribution < 1.29 is 4.79 Å². The molecule has 2 aromatic carbocycles. The minimum absolute atomic E-state index is 0.0865. The number of nitrogens with zero attached hydrogens (tertiary/aromatic N) is 4. The average molecular weight is 469 g/mol. The summed E-state index contributed by atoms with van der Waals surface area (Å²) in [4.78, 5) is 30.3. The molecule has 178 valence electrons. The van der Waals surface area contributed by atoms with Gasteiger partial charge < -0.3 is 21.7 Å². The maximum atomic E-state index is 12.4. The van der Waals surface area contributed by atoms with Crippen LogP contribution in [0.4, 0.5) is 17.6 Å². The van der Waals surface area contributed by atoms with Gasteiger partial charge in [0.2, 0.25) is 5.95 Å². The number of anilines is 3. The number of hydrogen-bond donors (Lipinski definition) is 4. The third kappa shape index (κ3) is 6.15. The third-order valence-electron chi connectivity index (χ3n) is 5.34. The van der Waals surface area contributed by atoms with Gasteiger partial charge in [-0.3, -0.25) is 4.79 Å². The van der Waals surface area contributed by atoms with E-state index in [1.54, 1.807) is 19.3 Å². The van der Waals surface area contributed by atoms with Crippen LogP contribution in [0.3, 0.4) is 0 Å². The molecule has 9 nitrogen and oxygen atoms in total. The summed E-state index contributed by atoms with van der Waals surface area (Å²) in [6, 6.07) is 19.6. The van der Waals surface area contributed by atoms with Crippen LogP contribution in [-0.2, 0) is 13.0 Å². The van der Waals surface area contributed by atoms with E-state index in [0.29, 0.717) is 35.5 Å². The summed E-state index contributed by atoms with van der Waals surface area (Å²) in [6.45, 7) is 2.58. The molecule has 4 rings (SSSR count). The predicted molar refractivity (Wildman–Crippen MR) is 137 cm³/mol. The average Bonchev–Trinajstić information content (AvgIpc) is 2.89. The smallest absolute Gasteiger partial charge is 0.256 e. The van der Waals surface area contributed by atoms with Crippen molar-refractivity contribution in [2.75, 3.05) is 17.7 Å². The molecule has 2 heterocycles. The number of benzene rings is 2. The molecule has 1 amide bonds. The standard InChI is InChI=1S/C26H28N8O/c1-17(13-18-7-6-8-19(14-18)15-27)31-26-29-12-11-22(33-26)32-24-21(25(35)28-2)16-30-23(34-24)20-9-4-3-5-10-20/h3-12,14,16-17H,13,15,27H2,1-2H3,(H,28,35)(H2,29,30,31,32,33,34)/t17-/m0/s1. The Hall–Kier alpha value is -4.37. The van der Waals surface area contributed by atoms with Gasteiger partial charge in [0.1, 0.15) is 17.2 Å². The molecule has 5 N–H and O–H groups in total. The Morgan fingerprint density at radius 3 is 2.57 bits per heavy atom. The Morgan fingerprint density at radius 2 is 1.80 bits per heavy atom. The van der Waals surface area contributed by atoms with Crippen LogP contribution < -0.4 is 21.7 Å². The summed E-state index contributed by atoms with van der Waals surface area (Å²) in [7, 11) is 1.56. The lowest BCUT2D eigenvalue weighted by molar-refractivity contribution is 0.0963. The van der Waals surface area contributed by atoms with Crippen LogP contribution in [0.15, 0.2) is 73.1 Å². The van der Waals surface area contributed by atoms with E-state index in [9.17, 15) is 4.79 Å². The summed E-state index contributed by atoms with van der Waals surface area (Å²) in [5.41, 5.74) is 9.20. The fourth-order valence-electron chi connectivity index (χ4n) is 3.63. The van der Waals surface area contributed by atoms with Gasteiger partial charge in [-0.15, -0.1) is 0 Å². The van der Waals surface area contributed by atoms with Gasteiger partial charge in [-0.05, 0) is 30.5 Å². The summed E-state index contributed by atoms with van der Waals surface area (Å²) in [6.07, 6.45) is 3.95. The molecular formula is C26H28N8O. The zero-order valence-corrected chi connectivity index (χ0v) is 19.7. The highest BCUT2D eigenvalue weighted by Gasteiger charge is 2.16. The number of aromatic nitrogens is 4. The lowest BCUT2D eigenvalue weighted by atomic mass is 10.0. The quantitative estimate of drug-likeness (QED) is 0.293. The van der Waals surface area contributed by atoms with Crippen molar-refractivity contribution in [2.45, 2.75) is 25.9 Å². The monoisotopic (exact) mass is 468 g/mol. The fraction of sp³-hybridized carbons (Fsp3) is 0.192. The SMILES string of the molecule is CNC(=O)c1cnc(-c2ccccc2)nc1Nc1ccnc(N[C@@H](C)Cc2cccc(CN)c2)n1. The third-order valence-corrected chi connectivity index (χ3v) is 5.34. The van der Waals surface area contributed by atoms with Crippen molar-refractivity contribution in [3.8, 4) is 11.4 Å². The van der Waals surface area contributed by atoms with E-state index in [4.69, 9.17) is 5.73 Å². The van der Waals surface area contributed by atoms with Gasteiger partial charge in [0.15, 0.2) is 5.82 Å². The van der Waals surface area contributed by atoms with E-state index in [1.807, 2.05) is 42.5 Å². The first-order valence-corrected chi connectivity index (χ1v) is 11.3. The van der Waals surface area contributed by atoms with E-state index in [1.165, 1.54) is 11.8 Å². The van der Waals surface area contributed by atoms with Crippen LogP contribution in [0.25, 0.3) is 11.4 Å². The van der Waals surface area contributed by atoms with Crippen LogP contribution in [-0.4, -0.2) is 38.9 Å². The normalized spacial score (nSPS) is 11.5. The van der Waals surface area contributed by atoms with Gasteiger partial charge in [-0.2, -0.15) is 4.98 Å². The number of carbonyl (C=O) groups excluding carboxylic acids is 1. The van der Waals surface area contributed by atoms with Gasteiger partial charge in [-0.25, -0.2) is 15.0 Å². The fourth-order valence-corrected chi connectivity index (χ4v) is 3.63. The Bertz CT molecular complexity index is 1300. The number of carbonyl (C=O) groups is 1. The van der Waals surface area contributed by atoms with Crippen molar-refractivity contribution >= 4 is 23.5 Å². The molecule has 0 radical (unpaired) electrons. The Labute approximate surface area is 204 Å². The molecule has 0 fully saturated rings. The molecule has 0 aliphatic rings. The second-order valence-electron chi connectivity index (χ2n) is 8.07. The molecule has 2 aromatic heterocycles. The maximum absolute atomic E-state index is 12.4. The molecule has 0 spiro atoms. The number of hydrogen-bond acceptors (Lipinski definition) is 8. The Kier molecular flexibility index (Phi) is 7.59. The maximum Gasteiger partial charge on any atom is 0.256 e. The van der Waals surface area contributed by atoms with Crippen LogP contribution >= 0.6 is 0 Å². The zero-order chi connectivity index (χ0) is 24.6. The molecule has 0 saturated carbocycles. The Morgan fingerprint density at radius 1 is 1.00 bits per heavy atom. The molecular weight excluding hydrogens is 440 g/mol. The van der Waals surface area contributed by atoms with E-state index < -0.39 is 0 Å². The molecule has 0 unspecified atom stereocenters. The molecule has 35 heavy (non-hydrogen) atoms.